The average Bonchev–Trinajstić information content (AvgIpc) is 2.60. The topological polar surface area (TPSA) is 24.5 Å². The lowest BCUT2D eigenvalue weighted by atomic mass is 10.3. The van der Waals surface area contributed by atoms with E-state index < -0.39 is 0 Å². The van der Waals surface area contributed by atoms with Gasteiger partial charge < -0.3 is 10.1 Å². The van der Waals surface area contributed by atoms with Gasteiger partial charge >= 0.3 is 0 Å². The van der Waals surface area contributed by atoms with Crippen molar-refractivity contribution in [3.8, 4) is 0 Å². The smallest absolute Gasteiger partial charge is 0.0672 e. The molecule has 3 heteroatoms. The molecule has 3 nitrogen and oxygen atoms in total. The average molecular weight is 198 g/mol. The highest BCUT2D eigenvalue weighted by Gasteiger charge is 2.19. The third kappa shape index (κ3) is 4.22. The number of hydrogen-bond donors (Lipinski definition) is 1. The van der Waals surface area contributed by atoms with Gasteiger partial charge in [-0.1, -0.05) is 12.2 Å². The van der Waals surface area contributed by atoms with Crippen molar-refractivity contribution in [3.63, 3.8) is 0 Å². The van der Waals surface area contributed by atoms with Crippen LogP contribution >= 0.6 is 0 Å². The van der Waals surface area contributed by atoms with Crippen molar-refractivity contribution in [1.29, 1.82) is 0 Å². The van der Waals surface area contributed by atoms with Crippen molar-refractivity contribution in [2.24, 2.45) is 0 Å². The number of nitrogens with one attached hydrogen (secondary N) is 1. The molecule has 1 aliphatic heterocycles. The van der Waals surface area contributed by atoms with Gasteiger partial charge in [0, 0.05) is 19.1 Å². The lowest BCUT2D eigenvalue weighted by Gasteiger charge is -2.15. The molecular weight excluding hydrogens is 176 g/mol. The van der Waals surface area contributed by atoms with E-state index in [2.05, 4.69) is 16.8 Å². The molecule has 1 atom stereocenters. The third-order valence-electron chi connectivity index (χ3n) is 2.58. The van der Waals surface area contributed by atoms with Crippen LogP contribution in [-0.2, 0) is 4.74 Å². The van der Waals surface area contributed by atoms with E-state index >= 15 is 0 Å². The second-order valence-corrected chi connectivity index (χ2v) is 4.08. The number of ether oxygens (including phenoxy) is 1. The lowest BCUT2D eigenvalue weighted by Crippen LogP contribution is -2.31. The molecule has 0 aliphatic carbocycles. The summed E-state index contributed by atoms with van der Waals surface area (Å²) in [6.45, 7) is 10.7. The first kappa shape index (κ1) is 11.7. The van der Waals surface area contributed by atoms with E-state index in [0.29, 0.717) is 12.6 Å². The Balaban J connectivity index is 2.00. The minimum atomic E-state index is 0.677. The molecule has 14 heavy (non-hydrogen) atoms. The van der Waals surface area contributed by atoms with Crippen molar-refractivity contribution in [1.82, 2.24) is 10.2 Å². The van der Waals surface area contributed by atoms with E-state index in [1.165, 1.54) is 13.0 Å². The quantitative estimate of drug-likeness (QED) is 0.506. The molecule has 1 aliphatic rings. The molecule has 0 radical (unpaired) electrons. The van der Waals surface area contributed by atoms with Crippen molar-refractivity contribution in [2.75, 3.05) is 39.9 Å². The first-order chi connectivity index (χ1) is 6.72. The zero-order chi connectivity index (χ0) is 10.4. The highest BCUT2D eigenvalue weighted by atomic mass is 16.5. The van der Waals surface area contributed by atoms with Crippen LogP contribution < -0.4 is 5.32 Å². The van der Waals surface area contributed by atoms with Crippen molar-refractivity contribution < 1.29 is 4.74 Å². The van der Waals surface area contributed by atoms with Gasteiger partial charge in [-0.25, -0.2) is 0 Å². The summed E-state index contributed by atoms with van der Waals surface area (Å²) in [5.41, 5.74) is 1.10. The van der Waals surface area contributed by atoms with Crippen LogP contribution in [0.1, 0.15) is 13.3 Å². The summed E-state index contributed by atoms with van der Waals surface area (Å²) in [6.07, 6.45) is 1.26. The zero-order valence-electron chi connectivity index (χ0n) is 9.38. The second kappa shape index (κ2) is 6.17. The van der Waals surface area contributed by atoms with Crippen molar-refractivity contribution >= 4 is 0 Å². The van der Waals surface area contributed by atoms with E-state index in [-0.39, 0.29) is 0 Å². The van der Waals surface area contributed by atoms with E-state index in [9.17, 15) is 0 Å². The molecule has 82 valence electrons. The second-order valence-electron chi connectivity index (χ2n) is 4.08. The summed E-state index contributed by atoms with van der Waals surface area (Å²) in [6, 6.07) is 0.677. The first-order valence-corrected chi connectivity index (χ1v) is 5.34. The number of nitrogens with zero attached hydrogens (tertiary/aromatic N) is 1. The number of hydrogen-bond acceptors (Lipinski definition) is 3. The Hall–Kier alpha value is -0.380. The molecular formula is C11H22N2O. The summed E-state index contributed by atoms with van der Waals surface area (Å²) < 4.78 is 5.46. The van der Waals surface area contributed by atoms with Crippen LogP contribution in [-0.4, -0.2) is 50.8 Å². The molecule has 0 spiro atoms. The Kier molecular flexibility index (Phi) is 5.15. The standard InChI is InChI=1S/C11H22N2O/c1-10(2)9-14-7-6-13-5-4-11(8-13)12-3/h11-12H,1,4-9H2,2-3H3. The highest BCUT2D eigenvalue weighted by molar-refractivity contribution is 4.87. The van der Waals surface area contributed by atoms with Gasteiger partial charge in [0.1, 0.15) is 0 Å². The van der Waals surface area contributed by atoms with Crippen molar-refractivity contribution in [3.05, 3.63) is 12.2 Å². The maximum Gasteiger partial charge on any atom is 0.0672 e. The summed E-state index contributed by atoms with van der Waals surface area (Å²) in [5, 5.41) is 3.31. The minimum absolute atomic E-state index is 0.677. The van der Waals surface area contributed by atoms with Gasteiger partial charge in [-0.2, -0.15) is 0 Å². The summed E-state index contributed by atoms with van der Waals surface area (Å²) in [5.74, 6) is 0. The van der Waals surface area contributed by atoms with Gasteiger partial charge in [-0.05, 0) is 26.9 Å². The fourth-order valence-corrected chi connectivity index (χ4v) is 1.71. The molecule has 1 heterocycles. The fraction of sp³-hybridized carbons (Fsp3) is 0.818. The van der Waals surface area contributed by atoms with Crippen LogP contribution in [0.25, 0.3) is 0 Å². The van der Waals surface area contributed by atoms with Crippen LogP contribution in [0.4, 0.5) is 0 Å². The molecule has 1 N–H and O–H groups in total. The van der Waals surface area contributed by atoms with Crippen LogP contribution in [0.5, 0.6) is 0 Å². The van der Waals surface area contributed by atoms with Gasteiger partial charge in [0.25, 0.3) is 0 Å². The zero-order valence-corrected chi connectivity index (χ0v) is 9.38. The molecule has 0 saturated carbocycles. The Bertz CT molecular complexity index is 182. The number of likely N-dealkylation sites (tertiary alicyclic amines) is 1. The van der Waals surface area contributed by atoms with E-state index in [1.807, 2.05) is 14.0 Å². The van der Waals surface area contributed by atoms with Crippen LogP contribution in [0, 0.1) is 0 Å². The molecule has 0 aromatic heterocycles. The maximum absolute atomic E-state index is 5.46. The van der Waals surface area contributed by atoms with Gasteiger partial charge in [-0.15, -0.1) is 0 Å². The Morgan fingerprint density at radius 1 is 1.64 bits per heavy atom. The first-order valence-electron chi connectivity index (χ1n) is 5.34. The van der Waals surface area contributed by atoms with Crippen molar-refractivity contribution in [2.45, 2.75) is 19.4 Å². The summed E-state index contributed by atoms with van der Waals surface area (Å²) in [4.78, 5) is 2.44. The lowest BCUT2D eigenvalue weighted by molar-refractivity contribution is 0.128. The molecule has 1 saturated heterocycles. The predicted octanol–water partition coefficient (Wildman–Crippen LogP) is 0.873. The number of likely N-dealkylation sites (N-methyl/N-ethyl adjacent to an activating group) is 1. The fourth-order valence-electron chi connectivity index (χ4n) is 1.71. The third-order valence-corrected chi connectivity index (χ3v) is 2.58. The molecule has 0 bridgehead atoms. The van der Waals surface area contributed by atoms with Gasteiger partial charge in [0.15, 0.2) is 0 Å². The van der Waals surface area contributed by atoms with E-state index in [4.69, 9.17) is 4.74 Å². The summed E-state index contributed by atoms with van der Waals surface area (Å²) >= 11 is 0. The Labute approximate surface area is 87.1 Å². The maximum atomic E-state index is 5.46. The molecule has 0 amide bonds. The Morgan fingerprint density at radius 3 is 3.00 bits per heavy atom. The predicted molar refractivity (Wildman–Crippen MR) is 59.5 cm³/mol. The monoisotopic (exact) mass is 198 g/mol. The molecule has 0 aromatic carbocycles. The highest BCUT2D eigenvalue weighted by Crippen LogP contribution is 2.07. The minimum Gasteiger partial charge on any atom is -0.376 e. The van der Waals surface area contributed by atoms with Crippen LogP contribution in [0.2, 0.25) is 0 Å². The Morgan fingerprint density at radius 2 is 2.43 bits per heavy atom. The van der Waals surface area contributed by atoms with E-state index in [1.54, 1.807) is 0 Å². The van der Waals surface area contributed by atoms with Gasteiger partial charge in [-0.3, -0.25) is 4.90 Å². The number of rotatable bonds is 6. The SMILES string of the molecule is C=C(C)COCCN1CCC(NC)C1. The van der Waals surface area contributed by atoms with Crippen LogP contribution in [0.15, 0.2) is 12.2 Å². The van der Waals surface area contributed by atoms with Gasteiger partial charge in [0.2, 0.25) is 0 Å². The molecule has 0 aromatic rings. The largest absolute Gasteiger partial charge is 0.376 e. The normalized spacial score (nSPS) is 22.9. The summed E-state index contributed by atoms with van der Waals surface area (Å²) in [7, 11) is 2.03. The van der Waals surface area contributed by atoms with Gasteiger partial charge in [0.05, 0.1) is 13.2 Å². The molecule has 1 unspecified atom stereocenters. The molecule has 1 fully saturated rings. The van der Waals surface area contributed by atoms with Crippen LogP contribution in [0.3, 0.4) is 0 Å². The van der Waals surface area contributed by atoms with E-state index in [0.717, 1.165) is 25.3 Å². The molecule has 1 rings (SSSR count).